The summed E-state index contributed by atoms with van der Waals surface area (Å²) in [4.78, 5) is 21.9. The number of nitrogens with zero attached hydrogens (tertiary/aromatic N) is 3. The highest BCUT2D eigenvalue weighted by Gasteiger charge is 2.30. The van der Waals surface area contributed by atoms with Gasteiger partial charge in [0.2, 0.25) is 0 Å². The maximum absolute atomic E-state index is 12.9. The van der Waals surface area contributed by atoms with E-state index in [4.69, 9.17) is 9.47 Å². The third-order valence-corrected chi connectivity index (χ3v) is 7.07. The Morgan fingerprint density at radius 1 is 1.05 bits per heavy atom. The minimum Gasteiger partial charge on any atom is -0.493 e. The van der Waals surface area contributed by atoms with Crippen LogP contribution >= 0.6 is 0 Å². The number of rotatable bonds is 11. The average molecular weight is 506 g/mol. The summed E-state index contributed by atoms with van der Waals surface area (Å²) in [6, 6.07) is 12.4. The Hall–Kier alpha value is -3.12. The summed E-state index contributed by atoms with van der Waals surface area (Å²) >= 11 is 0. The van der Waals surface area contributed by atoms with Gasteiger partial charge in [0.1, 0.15) is 0 Å². The quantitative estimate of drug-likeness (QED) is 0.336. The lowest BCUT2D eigenvalue weighted by Gasteiger charge is -2.38. The number of hydrogen-bond acceptors (Lipinski definition) is 5. The van der Waals surface area contributed by atoms with Crippen molar-refractivity contribution in [3.05, 3.63) is 70.4 Å². The van der Waals surface area contributed by atoms with Gasteiger partial charge in [0.25, 0.3) is 5.91 Å². The van der Waals surface area contributed by atoms with Gasteiger partial charge >= 0.3 is 0 Å². The first-order chi connectivity index (χ1) is 17.9. The number of amides is 1. The number of carbonyl (C=O) groups excluding carboxylic acids is 1. The summed E-state index contributed by atoms with van der Waals surface area (Å²) in [5, 5.41) is 0. The zero-order chi connectivity index (χ0) is 26.9. The summed E-state index contributed by atoms with van der Waals surface area (Å²) in [6.07, 6.45) is 5.06. The molecule has 0 aromatic heterocycles. The van der Waals surface area contributed by atoms with Crippen molar-refractivity contribution in [1.29, 1.82) is 0 Å². The van der Waals surface area contributed by atoms with Crippen molar-refractivity contribution in [3.8, 4) is 11.5 Å². The van der Waals surface area contributed by atoms with Gasteiger partial charge in [-0.05, 0) is 87.1 Å². The van der Waals surface area contributed by atoms with Crippen molar-refractivity contribution in [2.24, 2.45) is 4.99 Å². The van der Waals surface area contributed by atoms with Crippen LogP contribution in [0.5, 0.6) is 11.5 Å². The highest BCUT2D eigenvalue weighted by molar-refractivity contribution is 5.94. The van der Waals surface area contributed by atoms with Crippen LogP contribution in [-0.4, -0.2) is 61.8 Å². The van der Waals surface area contributed by atoms with Crippen LogP contribution in [-0.2, 0) is 6.42 Å². The molecule has 0 spiro atoms. The van der Waals surface area contributed by atoms with Crippen LogP contribution in [0.1, 0.15) is 80.6 Å². The SMILES string of the molecule is CCCC(C)=N/C=C(\C)CN1CCc2cc(OC)c(OC)cc2C1c1ccc(C(=O)N(CC)CC)cc1. The van der Waals surface area contributed by atoms with Gasteiger partial charge in [-0.3, -0.25) is 14.7 Å². The summed E-state index contributed by atoms with van der Waals surface area (Å²) < 4.78 is 11.3. The van der Waals surface area contributed by atoms with E-state index in [0.717, 1.165) is 60.7 Å². The highest BCUT2D eigenvalue weighted by Crippen LogP contribution is 2.41. The number of aliphatic imine (C=N–C) groups is 1. The van der Waals surface area contributed by atoms with E-state index in [0.29, 0.717) is 13.1 Å². The number of ether oxygens (including phenoxy) is 2. The van der Waals surface area contributed by atoms with Crippen molar-refractivity contribution >= 4 is 11.6 Å². The van der Waals surface area contributed by atoms with Gasteiger partial charge in [0, 0.05) is 43.7 Å². The van der Waals surface area contributed by atoms with Gasteiger partial charge in [-0.15, -0.1) is 0 Å². The highest BCUT2D eigenvalue weighted by atomic mass is 16.5. The van der Waals surface area contributed by atoms with Crippen molar-refractivity contribution in [1.82, 2.24) is 9.80 Å². The van der Waals surface area contributed by atoms with Crippen LogP contribution < -0.4 is 9.47 Å². The molecule has 1 unspecified atom stereocenters. The average Bonchev–Trinajstić information content (AvgIpc) is 2.92. The second-order valence-corrected chi connectivity index (χ2v) is 9.72. The first-order valence-electron chi connectivity index (χ1n) is 13.4. The van der Waals surface area contributed by atoms with Crippen LogP contribution in [0, 0.1) is 0 Å². The molecule has 1 amide bonds. The number of hydrogen-bond donors (Lipinski definition) is 0. The topological polar surface area (TPSA) is 54.4 Å². The fourth-order valence-corrected chi connectivity index (χ4v) is 5.07. The Morgan fingerprint density at radius 3 is 2.30 bits per heavy atom. The van der Waals surface area contributed by atoms with Gasteiger partial charge in [-0.2, -0.15) is 0 Å². The Labute approximate surface area is 223 Å². The molecule has 0 N–H and O–H groups in total. The zero-order valence-corrected chi connectivity index (χ0v) is 23.6. The van der Waals surface area contributed by atoms with Crippen LogP contribution in [0.2, 0.25) is 0 Å². The van der Waals surface area contributed by atoms with Crippen LogP contribution in [0.4, 0.5) is 0 Å². The van der Waals surface area contributed by atoms with Crippen LogP contribution in [0.3, 0.4) is 0 Å². The van der Waals surface area contributed by atoms with Crippen LogP contribution in [0.15, 0.2) is 53.2 Å². The second kappa shape index (κ2) is 13.4. The van der Waals surface area contributed by atoms with Gasteiger partial charge in [0.15, 0.2) is 11.5 Å². The second-order valence-electron chi connectivity index (χ2n) is 9.72. The van der Waals surface area contributed by atoms with E-state index in [-0.39, 0.29) is 11.9 Å². The Balaban J connectivity index is 2.01. The normalized spacial score (nSPS) is 16.4. The molecule has 2 aromatic rings. The van der Waals surface area contributed by atoms with Gasteiger partial charge in [-0.1, -0.05) is 25.5 Å². The van der Waals surface area contributed by atoms with E-state index in [1.807, 2.05) is 37.1 Å². The largest absolute Gasteiger partial charge is 0.493 e. The summed E-state index contributed by atoms with van der Waals surface area (Å²) in [6.45, 7) is 13.6. The lowest BCUT2D eigenvalue weighted by Crippen LogP contribution is -2.37. The first-order valence-corrected chi connectivity index (χ1v) is 13.4. The molecular formula is C31H43N3O3. The summed E-state index contributed by atoms with van der Waals surface area (Å²) in [5.41, 5.74) is 6.73. The van der Waals surface area contributed by atoms with Gasteiger partial charge < -0.3 is 14.4 Å². The smallest absolute Gasteiger partial charge is 0.253 e. The molecule has 37 heavy (non-hydrogen) atoms. The zero-order valence-electron chi connectivity index (χ0n) is 23.6. The van der Waals surface area contributed by atoms with Gasteiger partial charge in [-0.25, -0.2) is 0 Å². The number of fused-ring (bicyclic) bond motifs is 1. The van der Waals surface area contributed by atoms with E-state index in [9.17, 15) is 4.79 Å². The van der Waals surface area contributed by atoms with E-state index >= 15 is 0 Å². The number of methoxy groups -OCH3 is 2. The molecule has 0 aliphatic carbocycles. The lowest BCUT2D eigenvalue weighted by molar-refractivity contribution is 0.0773. The third kappa shape index (κ3) is 6.80. The molecule has 3 rings (SSSR count). The molecule has 0 radical (unpaired) electrons. The molecule has 0 bridgehead atoms. The molecule has 0 saturated carbocycles. The van der Waals surface area contributed by atoms with Crippen molar-refractivity contribution in [3.63, 3.8) is 0 Å². The Kier molecular flexibility index (Phi) is 10.3. The van der Waals surface area contributed by atoms with Gasteiger partial charge in [0.05, 0.1) is 20.3 Å². The fourth-order valence-electron chi connectivity index (χ4n) is 5.07. The van der Waals surface area contributed by atoms with Crippen LogP contribution in [0.25, 0.3) is 0 Å². The molecule has 1 aliphatic heterocycles. The predicted octanol–water partition coefficient (Wildman–Crippen LogP) is 6.30. The minimum absolute atomic E-state index is 0.0326. The van der Waals surface area contributed by atoms with E-state index < -0.39 is 0 Å². The van der Waals surface area contributed by atoms with Crippen molar-refractivity contribution in [2.45, 2.75) is 59.9 Å². The maximum atomic E-state index is 12.9. The molecule has 6 nitrogen and oxygen atoms in total. The Bertz CT molecular complexity index is 1120. The van der Waals surface area contributed by atoms with Crippen molar-refractivity contribution < 1.29 is 14.3 Å². The molecule has 1 heterocycles. The third-order valence-electron chi connectivity index (χ3n) is 7.07. The summed E-state index contributed by atoms with van der Waals surface area (Å²) in [7, 11) is 3.36. The summed E-state index contributed by atoms with van der Waals surface area (Å²) in [5.74, 6) is 1.56. The van der Waals surface area contributed by atoms with Crippen molar-refractivity contribution in [2.75, 3.05) is 40.4 Å². The molecule has 1 aliphatic rings. The maximum Gasteiger partial charge on any atom is 0.253 e. The standard InChI is InChI=1S/C31H43N3O3/c1-8-11-23(5)32-20-22(4)21-34-17-16-26-18-28(36-6)29(37-7)19-27(26)30(34)24-12-14-25(15-13-24)31(35)33(9-2)10-3/h12-15,18-20,30H,8-11,16-17,21H2,1-7H3/b22-20+,32-23?. The van der Waals surface area contributed by atoms with E-state index in [1.165, 1.54) is 16.7 Å². The number of benzene rings is 2. The van der Waals surface area contributed by atoms with E-state index in [1.54, 1.807) is 14.2 Å². The predicted molar refractivity (Wildman–Crippen MR) is 152 cm³/mol. The lowest BCUT2D eigenvalue weighted by atomic mass is 9.87. The molecule has 2 aromatic carbocycles. The monoisotopic (exact) mass is 505 g/mol. The molecule has 6 heteroatoms. The molecule has 0 fully saturated rings. The Morgan fingerprint density at radius 2 is 1.70 bits per heavy atom. The molecule has 1 atom stereocenters. The molecule has 0 saturated heterocycles. The fraction of sp³-hybridized carbons (Fsp3) is 0.484. The molecular weight excluding hydrogens is 462 g/mol. The molecule has 200 valence electrons. The number of carbonyl (C=O) groups is 1. The first kappa shape index (κ1) is 28.5. The minimum atomic E-state index is 0.0326. The van der Waals surface area contributed by atoms with E-state index in [2.05, 4.69) is 54.9 Å².